The molecule has 0 heterocycles. The smallest absolute Gasteiger partial charge is 0.0510 e. The van der Waals surface area contributed by atoms with Crippen molar-refractivity contribution < 1.29 is 0 Å². The molecule has 0 aliphatic heterocycles. The van der Waals surface area contributed by atoms with Crippen LogP contribution in [0.5, 0.6) is 0 Å². The molecule has 0 fully saturated rings. The quantitative estimate of drug-likeness (QED) is 0.369. The molecule has 0 atom stereocenters. The van der Waals surface area contributed by atoms with Gasteiger partial charge in [0.05, 0.1) is 6.54 Å². The predicted octanol–water partition coefficient (Wildman–Crippen LogP) is 3.15. The maximum atomic E-state index is 8.01. The minimum absolute atomic E-state index is 0.383. The molecule has 1 aromatic carbocycles. The molecule has 0 bridgehead atoms. The average Bonchev–Trinajstić information content (AvgIpc) is 2.04. The number of hydrogen-bond acceptors (Lipinski definition) is 1. The Balaban J connectivity index is 2.73. The SMILES string of the molecule is [N-]=[N+]=NCc1ccc(Cl)cc1. The van der Waals surface area contributed by atoms with Crippen molar-refractivity contribution >= 4 is 11.6 Å². The first kappa shape index (κ1) is 7.92. The molecule has 0 amide bonds. The normalized spacial score (nSPS) is 8.82. The minimum Gasteiger partial charge on any atom is -0.0893 e. The summed E-state index contributed by atoms with van der Waals surface area (Å²) in [7, 11) is 0. The lowest BCUT2D eigenvalue weighted by atomic mass is 10.2. The van der Waals surface area contributed by atoms with Crippen LogP contribution in [0.15, 0.2) is 29.4 Å². The Morgan fingerprint density at radius 1 is 1.36 bits per heavy atom. The Labute approximate surface area is 69.2 Å². The van der Waals surface area contributed by atoms with Crippen molar-refractivity contribution in [2.24, 2.45) is 5.11 Å². The highest BCUT2D eigenvalue weighted by Gasteiger charge is 1.88. The maximum absolute atomic E-state index is 8.01. The first-order valence-electron chi connectivity index (χ1n) is 3.08. The van der Waals surface area contributed by atoms with Gasteiger partial charge < -0.3 is 0 Å². The molecule has 11 heavy (non-hydrogen) atoms. The van der Waals surface area contributed by atoms with Crippen LogP contribution in [0.3, 0.4) is 0 Å². The van der Waals surface area contributed by atoms with Crippen LogP contribution in [-0.2, 0) is 6.54 Å². The summed E-state index contributed by atoms with van der Waals surface area (Å²) in [5, 5.41) is 4.10. The largest absolute Gasteiger partial charge is 0.0893 e. The molecule has 1 aromatic rings. The van der Waals surface area contributed by atoms with E-state index in [-0.39, 0.29) is 0 Å². The summed E-state index contributed by atoms with van der Waals surface area (Å²) in [5.41, 5.74) is 8.98. The minimum atomic E-state index is 0.383. The van der Waals surface area contributed by atoms with Gasteiger partial charge in [0.15, 0.2) is 0 Å². The Kier molecular flexibility index (Phi) is 2.78. The van der Waals surface area contributed by atoms with E-state index >= 15 is 0 Å². The number of halogens is 1. The van der Waals surface area contributed by atoms with Crippen molar-refractivity contribution in [3.05, 3.63) is 45.3 Å². The molecule has 0 spiro atoms. The molecule has 0 aliphatic carbocycles. The average molecular weight is 168 g/mol. The first-order chi connectivity index (χ1) is 5.33. The zero-order chi connectivity index (χ0) is 8.10. The molecule has 56 valence electrons. The van der Waals surface area contributed by atoms with E-state index in [1.807, 2.05) is 12.1 Å². The van der Waals surface area contributed by atoms with E-state index in [4.69, 9.17) is 17.1 Å². The van der Waals surface area contributed by atoms with Crippen LogP contribution in [-0.4, -0.2) is 0 Å². The van der Waals surface area contributed by atoms with Gasteiger partial charge in [0.2, 0.25) is 0 Å². The van der Waals surface area contributed by atoms with E-state index in [1.54, 1.807) is 12.1 Å². The summed E-state index contributed by atoms with van der Waals surface area (Å²) in [5.74, 6) is 0. The van der Waals surface area contributed by atoms with Crippen LogP contribution in [0.25, 0.3) is 10.4 Å². The van der Waals surface area contributed by atoms with Crippen molar-refractivity contribution in [2.45, 2.75) is 6.54 Å². The molecule has 3 nitrogen and oxygen atoms in total. The predicted molar refractivity (Wildman–Crippen MR) is 44.3 cm³/mol. The lowest BCUT2D eigenvalue weighted by Crippen LogP contribution is -1.77. The topological polar surface area (TPSA) is 48.8 Å². The summed E-state index contributed by atoms with van der Waals surface area (Å²) in [6.45, 7) is 0.383. The highest BCUT2D eigenvalue weighted by molar-refractivity contribution is 6.30. The fourth-order valence-electron chi connectivity index (χ4n) is 0.703. The maximum Gasteiger partial charge on any atom is 0.0510 e. The Morgan fingerprint density at radius 3 is 2.55 bits per heavy atom. The van der Waals surface area contributed by atoms with E-state index in [9.17, 15) is 0 Å². The van der Waals surface area contributed by atoms with Crippen LogP contribution in [0.1, 0.15) is 5.56 Å². The van der Waals surface area contributed by atoms with E-state index < -0.39 is 0 Å². The van der Waals surface area contributed by atoms with Gasteiger partial charge in [-0.25, -0.2) is 0 Å². The number of nitrogens with zero attached hydrogens (tertiary/aromatic N) is 3. The van der Waals surface area contributed by atoms with Crippen LogP contribution >= 0.6 is 11.6 Å². The van der Waals surface area contributed by atoms with Gasteiger partial charge in [-0.2, -0.15) is 0 Å². The van der Waals surface area contributed by atoms with Crippen LogP contribution in [0, 0.1) is 0 Å². The summed E-state index contributed by atoms with van der Waals surface area (Å²) in [6.07, 6.45) is 0. The molecular formula is C7H6ClN3. The molecule has 0 N–H and O–H groups in total. The fourth-order valence-corrected chi connectivity index (χ4v) is 0.829. The monoisotopic (exact) mass is 167 g/mol. The molecule has 0 unspecified atom stereocenters. The Hall–Kier alpha value is -1.18. The van der Waals surface area contributed by atoms with Gasteiger partial charge >= 0.3 is 0 Å². The lowest BCUT2D eigenvalue weighted by molar-refractivity contribution is 1.05. The highest BCUT2D eigenvalue weighted by atomic mass is 35.5. The summed E-state index contributed by atoms with van der Waals surface area (Å²) in [4.78, 5) is 2.65. The van der Waals surface area contributed by atoms with Gasteiger partial charge in [0.1, 0.15) is 0 Å². The van der Waals surface area contributed by atoms with Gasteiger partial charge in [0.25, 0.3) is 0 Å². The van der Waals surface area contributed by atoms with Crippen molar-refractivity contribution in [3.63, 3.8) is 0 Å². The van der Waals surface area contributed by atoms with Crippen molar-refractivity contribution in [1.82, 2.24) is 0 Å². The number of benzene rings is 1. The lowest BCUT2D eigenvalue weighted by Gasteiger charge is -1.93. The highest BCUT2D eigenvalue weighted by Crippen LogP contribution is 2.09. The third kappa shape index (κ3) is 2.50. The third-order valence-electron chi connectivity index (χ3n) is 1.23. The number of azide groups is 1. The summed E-state index contributed by atoms with van der Waals surface area (Å²) in [6, 6.07) is 7.20. The second-order valence-electron chi connectivity index (χ2n) is 2.02. The molecule has 0 aromatic heterocycles. The fraction of sp³-hybridized carbons (Fsp3) is 0.143. The van der Waals surface area contributed by atoms with Gasteiger partial charge in [-0.15, -0.1) is 0 Å². The van der Waals surface area contributed by atoms with Crippen LogP contribution in [0.2, 0.25) is 5.02 Å². The second kappa shape index (κ2) is 3.86. The molecule has 0 aliphatic rings. The van der Waals surface area contributed by atoms with Crippen molar-refractivity contribution in [3.8, 4) is 0 Å². The zero-order valence-corrected chi connectivity index (χ0v) is 6.49. The summed E-state index contributed by atoms with van der Waals surface area (Å²) < 4.78 is 0. The van der Waals surface area contributed by atoms with Gasteiger partial charge in [-0.1, -0.05) is 28.8 Å². The van der Waals surface area contributed by atoms with E-state index in [2.05, 4.69) is 10.0 Å². The number of hydrogen-bond donors (Lipinski definition) is 0. The number of rotatable bonds is 2. The Bertz CT molecular complexity index is 274. The van der Waals surface area contributed by atoms with Crippen molar-refractivity contribution in [2.75, 3.05) is 0 Å². The molecule has 0 saturated carbocycles. The van der Waals surface area contributed by atoms with Crippen molar-refractivity contribution in [1.29, 1.82) is 0 Å². The third-order valence-corrected chi connectivity index (χ3v) is 1.48. The van der Waals surface area contributed by atoms with E-state index in [0.29, 0.717) is 11.6 Å². The van der Waals surface area contributed by atoms with Gasteiger partial charge in [-0.3, -0.25) is 0 Å². The molecular weight excluding hydrogens is 162 g/mol. The molecule has 4 heteroatoms. The van der Waals surface area contributed by atoms with E-state index in [0.717, 1.165) is 5.56 Å². The van der Waals surface area contributed by atoms with Gasteiger partial charge in [0, 0.05) is 9.93 Å². The molecule has 0 saturated heterocycles. The summed E-state index contributed by atoms with van der Waals surface area (Å²) >= 11 is 5.64. The van der Waals surface area contributed by atoms with Gasteiger partial charge in [-0.05, 0) is 23.2 Å². The standard InChI is InChI=1S/C7H6ClN3/c8-7-3-1-6(2-4-7)5-10-11-9/h1-4H,5H2. The van der Waals surface area contributed by atoms with E-state index in [1.165, 1.54) is 0 Å². The molecule has 0 radical (unpaired) electrons. The first-order valence-corrected chi connectivity index (χ1v) is 3.46. The second-order valence-corrected chi connectivity index (χ2v) is 2.45. The van der Waals surface area contributed by atoms with Crippen LogP contribution in [0.4, 0.5) is 0 Å². The Morgan fingerprint density at radius 2 is 2.00 bits per heavy atom. The van der Waals surface area contributed by atoms with Crippen LogP contribution < -0.4 is 0 Å². The molecule has 1 rings (SSSR count). The zero-order valence-electron chi connectivity index (χ0n) is 5.74.